The highest BCUT2D eigenvalue weighted by molar-refractivity contribution is 6.17. The number of aliphatic imine (C=N–C) groups is 1. The average Bonchev–Trinajstić information content (AvgIpc) is 3.65. The van der Waals surface area contributed by atoms with Crippen LogP contribution in [0, 0.1) is 0 Å². The molecule has 45 heavy (non-hydrogen) atoms. The number of aromatic nitrogens is 1. The quantitative estimate of drug-likeness (QED) is 0.205. The highest BCUT2D eigenvalue weighted by Gasteiger charge is 2.26. The third-order valence-electron chi connectivity index (χ3n) is 9.04. The lowest BCUT2D eigenvalue weighted by molar-refractivity contribution is 0.665. The number of rotatable bonds is 4. The largest absolute Gasteiger partial charge is 0.454 e. The van der Waals surface area contributed by atoms with Crippen molar-refractivity contribution in [1.29, 1.82) is 0 Å². The second-order valence-electron chi connectivity index (χ2n) is 11.6. The van der Waals surface area contributed by atoms with Crippen LogP contribution in [-0.2, 0) is 0 Å². The van der Waals surface area contributed by atoms with Gasteiger partial charge in [-0.3, -0.25) is 0 Å². The summed E-state index contributed by atoms with van der Waals surface area (Å²) in [6.07, 6.45) is 2.23. The Bertz CT molecular complexity index is 2440. The first-order chi connectivity index (χ1) is 22.2. The highest BCUT2D eigenvalue weighted by Crippen LogP contribution is 2.41. The lowest BCUT2D eigenvalue weighted by Crippen LogP contribution is -2.15. The number of hydrogen-bond acceptors (Lipinski definition) is 2. The molecule has 0 N–H and O–H groups in total. The zero-order valence-corrected chi connectivity index (χ0v) is 24.5. The fourth-order valence-electron chi connectivity index (χ4n) is 6.90. The van der Waals surface area contributed by atoms with E-state index < -0.39 is 0 Å². The van der Waals surface area contributed by atoms with E-state index in [0.29, 0.717) is 0 Å². The maximum Gasteiger partial charge on any atom is 0.159 e. The predicted octanol–water partition coefficient (Wildman–Crippen LogP) is 10.9. The molecule has 1 unspecified atom stereocenters. The molecular weight excluding hydrogens is 548 g/mol. The fraction of sp³-hybridized carbons (Fsp3) is 0.0238. The Labute approximate surface area is 260 Å². The van der Waals surface area contributed by atoms with Crippen LogP contribution >= 0.6 is 0 Å². The molecule has 2 aromatic heterocycles. The number of nitrogens with zero attached hydrogens (tertiary/aromatic N) is 2. The zero-order chi connectivity index (χ0) is 29.9. The highest BCUT2D eigenvalue weighted by atomic mass is 16.3. The van der Waals surface area contributed by atoms with Crippen LogP contribution in [0.15, 0.2) is 173 Å². The van der Waals surface area contributed by atoms with Crippen LogP contribution < -0.4 is 0 Å². The Morgan fingerprint density at radius 2 is 1.20 bits per heavy atom. The van der Waals surface area contributed by atoms with Crippen LogP contribution in [0.1, 0.15) is 22.6 Å². The molecule has 1 aliphatic heterocycles. The maximum absolute atomic E-state index is 6.79. The third kappa shape index (κ3) is 4.01. The molecule has 0 aliphatic carbocycles. The summed E-state index contributed by atoms with van der Waals surface area (Å²) in [5.74, 6) is -0.0534. The van der Waals surface area contributed by atoms with Gasteiger partial charge in [-0.15, -0.1) is 0 Å². The van der Waals surface area contributed by atoms with Gasteiger partial charge in [0.05, 0.1) is 28.1 Å². The molecule has 0 spiro atoms. The standard InChI is InChI=1S/C42H28N2O/c1-27-35(26-36(28-13-4-2-5-14-28)43-41(27)29-15-6-3-7-16-29)30-23-24-33-34-19-12-22-39(42(34)45-40(33)25-30)44-37-20-10-8-17-31(37)32-18-9-11-21-38(32)44/h2-26,35H,1H2. The molecule has 0 saturated heterocycles. The van der Waals surface area contributed by atoms with E-state index >= 15 is 0 Å². The summed E-state index contributed by atoms with van der Waals surface area (Å²) in [5.41, 5.74) is 11.2. The van der Waals surface area contributed by atoms with Crippen molar-refractivity contribution in [2.75, 3.05) is 0 Å². The Balaban J connectivity index is 1.22. The predicted molar refractivity (Wildman–Crippen MR) is 187 cm³/mol. The summed E-state index contributed by atoms with van der Waals surface area (Å²) in [4.78, 5) is 5.12. The first-order valence-electron chi connectivity index (χ1n) is 15.3. The molecule has 1 aliphatic rings. The van der Waals surface area contributed by atoms with Gasteiger partial charge in [-0.2, -0.15) is 0 Å². The Morgan fingerprint density at radius 1 is 0.578 bits per heavy atom. The van der Waals surface area contributed by atoms with Crippen molar-refractivity contribution in [2.24, 2.45) is 4.99 Å². The van der Waals surface area contributed by atoms with Gasteiger partial charge in [0.1, 0.15) is 5.58 Å². The van der Waals surface area contributed by atoms with Crippen LogP contribution in [-0.4, -0.2) is 10.3 Å². The third-order valence-corrected chi connectivity index (χ3v) is 9.04. The van der Waals surface area contributed by atoms with E-state index in [0.717, 1.165) is 72.3 Å². The van der Waals surface area contributed by atoms with Crippen LogP contribution in [0.4, 0.5) is 0 Å². The zero-order valence-electron chi connectivity index (χ0n) is 24.5. The van der Waals surface area contributed by atoms with E-state index in [4.69, 9.17) is 9.41 Å². The van der Waals surface area contributed by atoms with Crippen LogP contribution in [0.5, 0.6) is 0 Å². The molecule has 8 aromatic rings. The van der Waals surface area contributed by atoms with Crippen molar-refractivity contribution in [1.82, 2.24) is 4.57 Å². The van der Waals surface area contributed by atoms with Gasteiger partial charge in [0.25, 0.3) is 0 Å². The number of fused-ring (bicyclic) bond motifs is 6. The van der Waals surface area contributed by atoms with Gasteiger partial charge in [-0.25, -0.2) is 4.99 Å². The Kier molecular flexibility index (Phi) is 5.72. The molecule has 0 saturated carbocycles. The molecule has 1 atom stereocenters. The fourth-order valence-corrected chi connectivity index (χ4v) is 6.90. The first-order valence-corrected chi connectivity index (χ1v) is 15.3. The number of hydrogen-bond donors (Lipinski definition) is 0. The van der Waals surface area contributed by atoms with E-state index in [-0.39, 0.29) is 5.92 Å². The van der Waals surface area contributed by atoms with E-state index in [1.165, 1.54) is 10.8 Å². The van der Waals surface area contributed by atoms with Crippen molar-refractivity contribution in [3.8, 4) is 5.69 Å². The number of allylic oxidation sites excluding steroid dienone is 2. The van der Waals surface area contributed by atoms with Crippen molar-refractivity contribution in [3.05, 3.63) is 181 Å². The van der Waals surface area contributed by atoms with Crippen molar-refractivity contribution in [3.63, 3.8) is 0 Å². The Hall–Kier alpha value is -5.93. The second-order valence-corrected chi connectivity index (χ2v) is 11.6. The molecule has 9 rings (SSSR count). The van der Waals surface area contributed by atoms with Crippen molar-refractivity contribution in [2.45, 2.75) is 5.92 Å². The van der Waals surface area contributed by atoms with Gasteiger partial charge in [-0.05, 0) is 47.0 Å². The lowest BCUT2D eigenvalue weighted by atomic mass is 9.83. The van der Waals surface area contributed by atoms with Gasteiger partial charge in [-0.1, -0.05) is 128 Å². The molecule has 3 heteroatoms. The normalized spacial score (nSPS) is 15.2. The van der Waals surface area contributed by atoms with Crippen molar-refractivity contribution >= 4 is 55.2 Å². The van der Waals surface area contributed by atoms with Gasteiger partial charge >= 0.3 is 0 Å². The Morgan fingerprint density at radius 3 is 1.91 bits per heavy atom. The molecule has 3 nitrogen and oxygen atoms in total. The van der Waals surface area contributed by atoms with E-state index in [1.807, 2.05) is 12.1 Å². The summed E-state index contributed by atoms with van der Waals surface area (Å²) in [7, 11) is 0. The summed E-state index contributed by atoms with van der Waals surface area (Å²) < 4.78 is 9.12. The van der Waals surface area contributed by atoms with Crippen LogP contribution in [0.25, 0.3) is 55.1 Å². The molecule has 3 heterocycles. The average molecular weight is 577 g/mol. The molecular formula is C42H28N2O. The van der Waals surface area contributed by atoms with Gasteiger partial charge in [0.2, 0.25) is 0 Å². The summed E-state index contributed by atoms with van der Waals surface area (Å²) in [6.45, 7) is 4.58. The smallest absolute Gasteiger partial charge is 0.159 e. The SMILES string of the molecule is C=C1C(c2ccccc2)=NC(c2ccccc2)=CC1c1ccc2c(c1)oc1c(-n3c4ccccc4c4ccccc43)cccc12. The van der Waals surface area contributed by atoms with Crippen molar-refractivity contribution < 1.29 is 4.42 Å². The summed E-state index contributed by atoms with van der Waals surface area (Å²) >= 11 is 0. The molecule has 212 valence electrons. The van der Waals surface area contributed by atoms with Gasteiger partial charge in [0.15, 0.2) is 5.58 Å². The first kappa shape index (κ1) is 25.6. The number of benzene rings is 6. The van der Waals surface area contributed by atoms with Crippen LogP contribution in [0.3, 0.4) is 0 Å². The minimum atomic E-state index is -0.0534. The molecule has 6 aromatic carbocycles. The van der Waals surface area contributed by atoms with E-state index in [2.05, 4.69) is 151 Å². The lowest BCUT2D eigenvalue weighted by Gasteiger charge is -2.24. The van der Waals surface area contributed by atoms with Gasteiger partial charge in [0, 0.05) is 33.0 Å². The van der Waals surface area contributed by atoms with Gasteiger partial charge < -0.3 is 8.98 Å². The van der Waals surface area contributed by atoms with E-state index in [9.17, 15) is 0 Å². The van der Waals surface area contributed by atoms with E-state index in [1.54, 1.807) is 0 Å². The molecule has 0 amide bonds. The minimum absolute atomic E-state index is 0.0534. The maximum atomic E-state index is 6.79. The monoisotopic (exact) mass is 576 g/mol. The number of para-hydroxylation sites is 3. The molecule has 0 radical (unpaired) electrons. The topological polar surface area (TPSA) is 30.4 Å². The summed E-state index contributed by atoms with van der Waals surface area (Å²) in [5, 5.41) is 4.67. The number of furan rings is 1. The van der Waals surface area contributed by atoms with Crippen LogP contribution in [0.2, 0.25) is 0 Å². The second kappa shape index (κ2) is 10.1. The summed E-state index contributed by atoms with van der Waals surface area (Å²) in [6, 6.07) is 50.9. The minimum Gasteiger partial charge on any atom is -0.454 e. The molecule has 0 fully saturated rings. The molecule has 0 bridgehead atoms.